The molecule has 8 rings (SSSR count). The summed E-state index contributed by atoms with van der Waals surface area (Å²) < 4.78 is 0. The quantitative estimate of drug-likeness (QED) is 0.230. The van der Waals surface area contributed by atoms with Gasteiger partial charge >= 0.3 is 0 Å². The van der Waals surface area contributed by atoms with Crippen LogP contribution in [-0.2, 0) is 5.41 Å². The first kappa shape index (κ1) is 23.8. The molecule has 7 aromatic rings. The molecule has 1 heterocycles. The average Bonchev–Trinajstić information content (AvgIpc) is 3.27. The van der Waals surface area contributed by atoms with Gasteiger partial charge in [0, 0.05) is 21.9 Å². The van der Waals surface area contributed by atoms with Gasteiger partial charge < -0.3 is 0 Å². The number of aromatic nitrogens is 2. The van der Waals surface area contributed by atoms with Gasteiger partial charge in [0.2, 0.25) is 0 Å². The molecular weight excluding hydrogens is 496 g/mol. The monoisotopic (exact) mass is 524 g/mol. The van der Waals surface area contributed by atoms with Crippen molar-refractivity contribution in [2.24, 2.45) is 0 Å². The molecule has 0 amide bonds. The van der Waals surface area contributed by atoms with Crippen molar-refractivity contribution in [3.05, 3.63) is 145 Å². The largest absolute Gasteiger partial charge is 0.228 e. The van der Waals surface area contributed by atoms with Crippen LogP contribution >= 0.6 is 0 Å². The summed E-state index contributed by atoms with van der Waals surface area (Å²) in [5.41, 5.74) is 11.9. The van der Waals surface area contributed by atoms with Gasteiger partial charge in [-0.15, -0.1) is 0 Å². The van der Waals surface area contributed by atoms with E-state index in [0.29, 0.717) is 0 Å². The summed E-state index contributed by atoms with van der Waals surface area (Å²) in [4.78, 5) is 10.1. The summed E-state index contributed by atoms with van der Waals surface area (Å²) in [5, 5.41) is 3.63. The lowest BCUT2D eigenvalue weighted by Crippen LogP contribution is -2.14. The summed E-state index contributed by atoms with van der Waals surface area (Å²) in [6.45, 7) is 4.67. The number of rotatable bonds is 3. The molecular formula is C39H28N2. The summed E-state index contributed by atoms with van der Waals surface area (Å²) in [6.07, 6.45) is 0. The summed E-state index contributed by atoms with van der Waals surface area (Å²) in [7, 11) is 0. The minimum atomic E-state index is -0.0140. The fourth-order valence-corrected chi connectivity index (χ4v) is 6.66. The van der Waals surface area contributed by atoms with Gasteiger partial charge in [-0.2, -0.15) is 0 Å². The second kappa shape index (κ2) is 8.97. The molecule has 1 aliphatic rings. The van der Waals surface area contributed by atoms with Crippen LogP contribution < -0.4 is 0 Å². The Balaban J connectivity index is 1.31. The minimum Gasteiger partial charge on any atom is -0.228 e. The first-order valence-electron chi connectivity index (χ1n) is 14.2. The molecule has 0 saturated carbocycles. The highest BCUT2D eigenvalue weighted by atomic mass is 14.9. The second-order valence-electron chi connectivity index (χ2n) is 11.4. The van der Waals surface area contributed by atoms with Gasteiger partial charge in [0.15, 0.2) is 5.82 Å². The Hall–Kier alpha value is -5.08. The maximum absolute atomic E-state index is 5.12. The van der Waals surface area contributed by atoms with Gasteiger partial charge in [0.05, 0.1) is 11.2 Å². The Morgan fingerprint density at radius 1 is 0.463 bits per heavy atom. The van der Waals surface area contributed by atoms with Crippen molar-refractivity contribution in [2.75, 3.05) is 0 Å². The molecule has 0 unspecified atom stereocenters. The minimum absolute atomic E-state index is 0.0140. The van der Waals surface area contributed by atoms with Crippen LogP contribution in [0.15, 0.2) is 133 Å². The van der Waals surface area contributed by atoms with Crippen LogP contribution in [0.4, 0.5) is 0 Å². The molecule has 0 N–H and O–H groups in total. The van der Waals surface area contributed by atoms with Crippen LogP contribution in [0.2, 0.25) is 0 Å². The molecule has 0 atom stereocenters. The molecule has 0 aliphatic heterocycles. The topological polar surface area (TPSA) is 25.8 Å². The lowest BCUT2D eigenvalue weighted by Gasteiger charge is -2.21. The van der Waals surface area contributed by atoms with E-state index >= 15 is 0 Å². The molecule has 0 saturated heterocycles. The van der Waals surface area contributed by atoms with Gasteiger partial charge in [-0.05, 0) is 56.3 Å². The van der Waals surface area contributed by atoms with Crippen molar-refractivity contribution >= 4 is 21.7 Å². The molecule has 1 aliphatic carbocycles. The van der Waals surface area contributed by atoms with E-state index in [0.717, 1.165) is 39.1 Å². The molecule has 194 valence electrons. The van der Waals surface area contributed by atoms with Crippen molar-refractivity contribution in [3.8, 4) is 44.9 Å². The summed E-state index contributed by atoms with van der Waals surface area (Å²) >= 11 is 0. The average molecular weight is 525 g/mol. The summed E-state index contributed by atoms with van der Waals surface area (Å²) in [5.74, 6) is 0.737. The maximum atomic E-state index is 5.12. The van der Waals surface area contributed by atoms with E-state index in [1.165, 1.54) is 38.6 Å². The molecule has 0 radical (unpaired) electrons. The Bertz CT molecular complexity index is 2120. The number of para-hydroxylation sites is 1. The van der Waals surface area contributed by atoms with E-state index in [1.54, 1.807) is 0 Å². The number of hydrogen-bond acceptors (Lipinski definition) is 2. The highest BCUT2D eigenvalue weighted by Gasteiger charge is 2.36. The van der Waals surface area contributed by atoms with Crippen LogP contribution in [0.5, 0.6) is 0 Å². The van der Waals surface area contributed by atoms with E-state index < -0.39 is 0 Å². The molecule has 0 bridgehead atoms. The third kappa shape index (κ3) is 3.64. The standard InChI is InChI=1S/C39H28N2/c1-39(2)33-20-8-6-16-31(33)36-30-19-11-18-28(29(30)22-23-34(36)39)26-14-10-15-27(24-26)38-40-35-21-9-7-17-32(35)37(41-38)25-12-4-3-5-13-25/h3-24H,1-2H3. The third-order valence-electron chi connectivity index (χ3n) is 8.69. The van der Waals surface area contributed by atoms with Crippen LogP contribution in [0.25, 0.3) is 66.6 Å². The van der Waals surface area contributed by atoms with Gasteiger partial charge in [-0.25, -0.2) is 9.97 Å². The van der Waals surface area contributed by atoms with E-state index in [-0.39, 0.29) is 5.41 Å². The van der Waals surface area contributed by atoms with Crippen molar-refractivity contribution in [1.29, 1.82) is 0 Å². The van der Waals surface area contributed by atoms with Gasteiger partial charge in [0.1, 0.15) is 0 Å². The lowest BCUT2D eigenvalue weighted by molar-refractivity contribution is 0.661. The Kier molecular flexibility index (Phi) is 5.20. The number of hydrogen-bond donors (Lipinski definition) is 0. The normalized spacial score (nSPS) is 13.3. The predicted molar refractivity (Wildman–Crippen MR) is 171 cm³/mol. The number of benzene rings is 6. The van der Waals surface area contributed by atoms with Crippen LogP contribution in [0, 0.1) is 0 Å². The van der Waals surface area contributed by atoms with E-state index in [2.05, 4.69) is 135 Å². The highest BCUT2D eigenvalue weighted by Crippen LogP contribution is 2.51. The second-order valence-corrected chi connectivity index (χ2v) is 11.4. The third-order valence-corrected chi connectivity index (χ3v) is 8.69. The summed E-state index contributed by atoms with van der Waals surface area (Å²) in [6, 6.07) is 47.5. The van der Waals surface area contributed by atoms with E-state index in [4.69, 9.17) is 9.97 Å². The zero-order valence-electron chi connectivity index (χ0n) is 23.1. The first-order valence-corrected chi connectivity index (χ1v) is 14.2. The van der Waals surface area contributed by atoms with Crippen molar-refractivity contribution in [2.45, 2.75) is 19.3 Å². The predicted octanol–water partition coefficient (Wildman–Crippen LogP) is 10.1. The molecule has 6 aromatic carbocycles. The van der Waals surface area contributed by atoms with Gasteiger partial charge in [-0.1, -0.05) is 135 Å². The maximum Gasteiger partial charge on any atom is 0.160 e. The molecule has 2 nitrogen and oxygen atoms in total. The molecule has 41 heavy (non-hydrogen) atoms. The fraction of sp³-hybridized carbons (Fsp3) is 0.0769. The van der Waals surface area contributed by atoms with E-state index in [9.17, 15) is 0 Å². The van der Waals surface area contributed by atoms with Crippen molar-refractivity contribution in [1.82, 2.24) is 9.97 Å². The molecule has 2 heteroatoms. The number of fused-ring (bicyclic) bond motifs is 6. The molecule has 0 fully saturated rings. The van der Waals surface area contributed by atoms with Crippen LogP contribution in [0.3, 0.4) is 0 Å². The molecule has 0 spiro atoms. The van der Waals surface area contributed by atoms with Crippen molar-refractivity contribution < 1.29 is 0 Å². The van der Waals surface area contributed by atoms with Gasteiger partial charge in [0.25, 0.3) is 0 Å². The number of nitrogens with zero attached hydrogens (tertiary/aromatic N) is 2. The van der Waals surface area contributed by atoms with Crippen LogP contribution in [0.1, 0.15) is 25.0 Å². The Morgan fingerprint density at radius 3 is 2.05 bits per heavy atom. The highest BCUT2D eigenvalue weighted by molar-refractivity contribution is 6.08. The fourth-order valence-electron chi connectivity index (χ4n) is 6.66. The Morgan fingerprint density at radius 2 is 1.15 bits per heavy atom. The van der Waals surface area contributed by atoms with E-state index in [1.807, 2.05) is 12.1 Å². The zero-order chi connectivity index (χ0) is 27.6. The SMILES string of the molecule is CC1(C)c2ccccc2-c2c1ccc1c(-c3cccc(-c4nc(-c5ccccc5)c5ccccc5n4)c3)cccc21. The van der Waals surface area contributed by atoms with Gasteiger partial charge in [-0.3, -0.25) is 0 Å². The zero-order valence-corrected chi connectivity index (χ0v) is 23.1. The molecule has 1 aromatic heterocycles. The smallest absolute Gasteiger partial charge is 0.160 e. The lowest BCUT2D eigenvalue weighted by atomic mass is 9.82. The van der Waals surface area contributed by atoms with Crippen molar-refractivity contribution in [3.63, 3.8) is 0 Å². The Labute approximate surface area is 240 Å². The first-order chi connectivity index (χ1) is 20.1. The van der Waals surface area contributed by atoms with Crippen LogP contribution in [-0.4, -0.2) is 9.97 Å².